The Hall–Kier alpha value is -0.820. The summed E-state index contributed by atoms with van der Waals surface area (Å²) in [6.45, 7) is 2.20. The molecule has 1 aliphatic rings. The Morgan fingerprint density at radius 3 is 2.73 bits per heavy atom. The molecule has 0 radical (unpaired) electrons. The zero-order valence-corrected chi connectivity index (χ0v) is 9.58. The Morgan fingerprint density at radius 1 is 1.33 bits per heavy atom. The Bertz CT molecular complexity index is 315. The quantitative estimate of drug-likeness (QED) is 0.779. The summed E-state index contributed by atoms with van der Waals surface area (Å²) in [7, 11) is 0. The number of hydrogen-bond donors (Lipinski definition) is 1. The highest BCUT2D eigenvalue weighted by molar-refractivity contribution is 5.29. The van der Waals surface area contributed by atoms with Crippen molar-refractivity contribution in [1.82, 2.24) is 0 Å². The minimum Gasteiger partial charge on any atom is -0.324 e. The Kier molecular flexibility index (Phi) is 3.42. The molecule has 15 heavy (non-hydrogen) atoms. The molecule has 0 aromatic heterocycles. The van der Waals surface area contributed by atoms with Crippen LogP contribution in [-0.2, 0) is 6.42 Å². The second-order valence-corrected chi connectivity index (χ2v) is 4.68. The summed E-state index contributed by atoms with van der Waals surface area (Å²) in [5.41, 5.74) is 9.03. The van der Waals surface area contributed by atoms with Crippen molar-refractivity contribution in [2.75, 3.05) is 0 Å². The molecular formula is C14H21N. The molecule has 1 aromatic rings. The normalized spacial score (nSPS) is 17.7. The van der Waals surface area contributed by atoms with E-state index < -0.39 is 0 Å². The van der Waals surface area contributed by atoms with E-state index in [2.05, 4.69) is 31.2 Å². The van der Waals surface area contributed by atoms with Crippen molar-refractivity contribution >= 4 is 0 Å². The maximum atomic E-state index is 6.25. The summed E-state index contributed by atoms with van der Waals surface area (Å²) in [5.74, 6) is 0.991. The number of hydrogen-bond acceptors (Lipinski definition) is 1. The third-order valence-corrected chi connectivity index (χ3v) is 3.42. The van der Waals surface area contributed by atoms with Gasteiger partial charge in [0.15, 0.2) is 0 Å². The van der Waals surface area contributed by atoms with Crippen molar-refractivity contribution in [2.24, 2.45) is 11.7 Å². The predicted molar refractivity (Wildman–Crippen MR) is 64.7 cm³/mol. The molecule has 0 heterocycles. The molecule has 1 aliphatic carbocycles. The SMILES string of the molecule is CCc1ccccc1C(N)CCC1CC1. The van der Waals surface area contributed by atoms with E-state index in [1.807, 2.05) is 0 Å². The summed E-state index contributed by atoms with van der Waals surface area (Å²) in [6, 6.07) is 8.85. The lowest BCUT2D eigenvalue weighted by Crippen LogP contribution is -2.12. The predicted octanol–water partition coefficient (Wildman–Crippen LogP) is 3.44. The summed E-state index contributed by atoms with van der Waals surface area (Å²) >= 11 is 0. The van der Waals surface area contributed by atoms with Gasteiger partial charge in [0.25, 0.3) is 0 Å². The van der Waals surface area contributed by atoms with E-state index in [1.54, 1.807) is 0 Å². The summed E-state index contributed by atoms with van der Waals surface area (Å²) < 4.78 is 0. The molecule has 0 spiro atoms. The van der Waals surface area contributed by atoms with Gasteiger partial charge >= 0.3 is 0 Å². The van der Waals surface area contributed by atoms with Crippen LogP contribution < -0.4 is 5.73 Å². The summed E-state index contributed by atoms with van der Waals surface area (Å²) in [4.78, 5) is 0. The lowest BCUT2D eigenvalue weighted by Gasteiger charge is -2.15. The molecule has 1 aromatic carbocycles. The van der Waals surface area contributed by atoms with Crippen molar-refractivity contribution in [1.29, 1.82) is 0 Å². The van der Waals surface area contributed by atoms with Gasteiger partial charge in [0, 0.05) is 6.04 Å². The monoisotopic (exact) mass is 203 g/mol. The molecule has 2 rings (SSSR count). The minimum atomic E-state index is 0.252. The van der Waals surface area contributed by atoms with E-state index >= 15 is 0 Å². The minimum absolute atomic E-state index is 0.252. The van der Waals surface area contributed by atoms with Gasteiger partial charge in [-0.3, -0.25) is 0 Å². The standard InChI is InChI=1S/C14H21N/c1-2-12-5-3-4-6-13(12)14(15)10-9-11-7-8-11/h3-6,11,14H,2,7-10,15H2,1H3. The van der Waals surface area contributed by atoms with Crippen molar-refractivity contribution in [2.45, 2.75) is 45.1 Å². The molecule has 1 nitrogen and oxygen atoms in total. The van der Waals surface area contributed by atoms with Gasteiger partial charge in [0.2, 0.25) is 0 Å². The molecular weight excluding hydrogens is 182 g/mol. The number of aryl methyl sites for hydroxylation is 1. The summed E-state index contributed by atoms with van der Waals surface area (Å²) in [6.07, 6.45) is 6.43. The van der Waals surface area contributed by atoms with Gasteiger partial charge in [0.05, 0.1) is 0 Å². The lowest BCUT2D eigenvalue weighted by molar-refractivity contribution is 0.572. The molecule has 1 atom stereocenters. The molecule has 1 saturated carbocycles. The Balaban J connectivity index is 1.98. The number of rotatable bonds is 5. The van der Waals surface area contributed by atoms with Crippen LogP contribution in [0.5, 0.6) is 0 Å². The van der Waals surface area contributed by atoms with E-state index in [0.717, 1.165) is 18.8 Å². The molecule has 2 N–H and O–H groups in total. The van der Waals surface area contributed by atoms with Crippen LogP contribution in [0.4, 0.5) is 0 Å². The fourth-order valence-corrected chi connectivity index (χ4v) is 2.20. The Labute approximate surface area is 92.7 Å². The van der Waals surface area contributed by atoms with Crippen molar-refractivity contribution in [3.8, 4) is 0 Å². The highest BCUT2D eigenvalue weighted by Gasteiger charge is 2.22. The molecule has 0 bridgehead atoms. The third-order valence-electron chi connectivity index (χ3n) is 3.42. The smallest absolute Gasteiger partial charge is 0.0297 e. The van der Waals surface area contributed by atoms with Crippen LogP contribution in [0.15, 0.2) is 24.3 Å². The fraction of sp³-hybridized carbons (Fsp3) is 0.571. The maximum Gasteiger partial charge on any atom is 0.0297 e. The van der Waals surface area contributed by atoms with Crippen molar-refractivity contribution in [3.05, 3.63) is 35.4 Å². The molecule has 82 valence electrons. The van der Waals surface area contributed by atoms with Crippen molar-refractivity contribution < 1.29 is 0 Å². The molecule has 0 amide bonds. The average molecular weight is 203 g/mol. The first-order valence-corrected chi connectivity index (χ1v) is 6.14. The van der Waals surface area contributed by atoms with Crippen molar-refractivity contribution in [3.63, 3.8) is 0 Å². The van der Waals surface area contributed by atoms with Gasteiger partial charge in [-0.15, -0.1) is 0 Å². The van der Waals surface area contributed by atoms with Gasteiger partial charge in [0.1, 0.15) is 0 Å². The van der Waals surface area contributed by atoms with Gasteiger partial charge in [-0.25, -0.2) is 0 Å². The first-order valence-electron chi connectivity index (χ1n) is 6.14. The molecule has 1 unspecified atom stereocenters. The summed E-state index contributed by atoms with van der Waals surface area (Å²) in [5, 5.41) is 0. The van der Waals surface area contributed by atoms with E-state index in [4.69, 9.17) is 5.73 Å². The zero-order chi connectivity index (χ0) is 10.7. The topological polar surface area (TPSA) is 26.0 Å². The highest BCUT2D eigenvalue weighted by Crippen LogP contribution is 2.35. The van der Waals surface area contributed by atoms with Gasteiger partial charge < -0.3 is 5.73 Å². The lowest BCUT2D eigenvalue weighted by atomic mass is 9.95. The van der Waals surface area contributed by atoms with Crippen LogP contribution in [-0.4, -0.2) is 0 Å². The number of nitrogens with two attached hydrogens (primary N) is 1. The zero-order valence-electron chi connectivity index (χ0n) is 9.58. The fourth-order valence-electron chi connectivity index (χ4n) is 2.20. The largest absolute Gasteiger partial charge is 0.324 e. The molecule has 0 aliphatic heterocycles. The first-order chi connectivity index (χ1) is 7.31. The average Bonchev–Trinajstić information content (AvgIpc) is 3.09. The second kappa shape index (κ2) is 4.80. The maximum absolute atomic E-state index is 6.25. The van der Waals surface area contributed by atoms with Crippen LogP contribution in [0.1, 0.15) is 49.8 Å². The Morgan fingerprint density at radius 2 is 2.07 bits per heavy atom. The van der Waals surface area contributed by atoms with Crippen LogP contribution in [0.25, 0.3) is 0 Å². The van der Waals surface area contributed by atoms with E-state index in [0.29, 0.717) is 0 Å². The third kappa shape index (κ3) is 2.82. The molecule has 0 saturated heterocycles. The van der Waals surface area contributed by atoms with E-state index in [9.17, 15) is 0 Å². The molecule has 1 fully saturated rings. The van der Waals surface area contributed by atoms with Gasteiger partial charge in [-0.2, -0.15) is 0 Å². The van der Waals surface area contributed by atoms with Crippen LogP contribution >= 0.6 is 0 Å². The molecule has 1 heteroatoms. The first kappa shape index (κ1) is 10.7. The number of benzene rings is 1. The van der Waals surface area contributed by atoms with E-state index in [-0.39, 0.29) is 6.04 Å². The second-order valence-electron chi connectivity index (χ2n) is 4.68. The van der Waals surface area contributed by atoms with Crippen LogP contribution in [0, 0.1) is 5.92 Å². The van der Waals surface area contributed by atoms with Gasteiger partial charge in [-0.05, 0) is 36.3 Å². The van der Waals surface area contributed by atoms with Crippen LogP contribution in [0.3, 0.4) is 0 Å². The highest BCUT2D eigenvalue weighted by atomic mass is 14.6. The van der Waals surface area contributed by atoms with Gasteiger partial charge in [-0.1, -0.05) is 44.0 Å². The van der Waals surface area contributed by atoms with Crippen LogP contribution in [0.2, 0.25) is 0 Å². The van der Waals surface area contributed by atoms with E-state index in [1.165, 1.54) is 30.4 Å².